The lowest BCUT2D eigenvalue weighted by molar-refractivity contribution is 0.159. The molecule has 0 saturated carbocycles. The van der Waals surface area contributed by atoms with Crippen molar-refractivity contribution in [3.8, 4) is 11.8 Å². The molecular formula is C21H24ClN3O3S. The van der Waals surface area contributed by atoms with E-state index in [1.807, 2.05) is 12.1 Å². The number of nitriles is 1. The first-order valence-corrected chi connectivity index (χ1v) is 11.7. The van der Waals surface area contributed by atoms with Crippen LogP contribution in [0.4, 0.5) is 0 Å². The Morgan fingerprint density at radius 3 is 2.72 bits per heavy atom. The van der Waals surface area contributed by atoms with Crippen molar-refractivity contribution in [2.75, 3.05) is 39.0 Å². The number of piperazine rings is 1. The minimum atomic E-state index is -3.20. The largest absolute Gasteiger partial charge is 0.492 e. The van der Waals surface area contributed by atoms with Crippen LogP contribution in [0.2, 0.25) is 5.02 Å². The standard InChI is InChI=1S/C21H24ClN3O3S/c1-29(26,27)20-5-3-19(4-6-20)28-15-18-14-25(11-9-24-18)10-8-16-2-7-21(22)17(12-16)13-23/h2-7,12,18,24H,8-11,14-15H2,1H3/t18-/m0/s1. The van der Waals surface area contributed by atoms with Crippen LogP contribution in [0.15, 0.2) is 47.4 Å². The summed E-state index contributed by atoms with van der Waals surface area (Å²) in [5.41, 5.74) is 1.61. The van der Waals surface area contributed by atoms with Gasteiger partial charge >= 0.3 is 0 Å². The van der Waals surface area contributed by atoms with Crippen molar-refractivity contribution in [3.05, 3.63) is 58.6 Å². The van der Waals surface area contributed by atoms with Crippen molar-refractivity contribution in [1.29, 1.82) is 5.26 Å². The Bertz CT molecular complexity index is 987. The zero-order valence-corrected chi connectivity index (χ0v) is 17.8. The Hall–Kier alpha value is -2.11. The Kier molecular flexibility index (Phi) is 7.14. The number of nitrogens with one attached hydrogen (secondary N) is 1. The quantitative estimate of drug-likeness (QED) is 0.722. The van der Waals surface area contributed by atoms with Gasteiger partial charge in [0.2, 0.25) is 0 Å². The van der Waals surface area contributed by atoms with Crippen LogP contribution < -0.4 is 10.1 Å². The third kappa shape index (κ3) is 6.18. The van der Waals surface area contributed by atoms with Crippen molar-refractivity contribution in [2.24, 2.45) is 0 Å². The van der Waals surface area contributed by atoms with E-state index in [1.165, 1.54) is 6.26 Å². The SMILES string of the molecule is CS(=O)(=O)c1ccc(OC[C@@H]2CN(CCc3ccc(Cl)c(C#N)c3)CCN2)cc1. The first-order valence-electron chi connectivity index (χ1n) is 9.42. The molecule has 1 N–H and O–H groups in total. The molecule has 1 aliphatic heterocycles. The van der Waals surface area contributed by atoms with E-state index in [0.29, 0.717) is 22.9 Å². The molecule has 0 radical (unpaired) electrons. The average Bonchev–Trinajstić information content (AvgIpc) is 2.71. The summed E-state index contributed by atoms with van der Waals surface area (Å²) in [6.45, 7) is 4.10. The Balaban J connectivity index is 1.48. The molecule has 0 bridgehead atoms. The molecule has 2 aromatic carbocycles. The van der Waals surface area contributed by atoms with Gasteiger partial charge in [-0.25, -0.2) is 8.42 Å². The van der Waals surface area contributed by atoms with E-state index < -0.39 is 9.84 Å². The molecule has 154 valence electrons. The molecule has 2 aromatic rings. The Morgan fingerprint density at radius 2 is 2.03 bits per heavy atom. The molecule has 3 rings (SSSR count). The first-order chi connectivity index (χ1) is 13.8. The lowest BCUT2D eigenvalue weighted by Crippen LogP contribution is -2.53. The van der Waals surface area contributed by atoms with E-state index in [4.69, 9.17) is 21.6 Å². The highest BCUT2D eigenvalue weighted by molar-refractivity contribution is 7.90. The molecular weight excluding hydrogens is 410 g/mol. The number of hydrogen-bond donors (Lipinski definition) is 1. The van der Waals surface area contributed by atoms with Crippen LogP contribution in [0.5, 0.6) is 5.75 Å². The van der Waals surface area contributed by atoms with Crippen molar-refractivity contribution in [1.82, 2.24) is 10.2 Å². The average molecular weight is 434 g/mol. The summed E-state index contributed by atoms with van der Waals surface area (Å²) in [4.78, 5) is 2.66. The fourth-order valence-corrected chi connectivity index (χ4v) is 4.08. The fourth-order valence-electron chi connectivity index (χ4n) is 3.29. The highest BCUT2D eigenvalue weighted by Gasteiger charge is 2.20. The van der Waals surface area contributed by atoms with E-state index in [2.05, 4.69) is 16.3 Å². The zero-order valence-electron chi connectivity index (χ0n) is 16.3. The molecule has 8 heteroatoms. The minimum Gasteiger partial charge on any atom is -0.492 e. The molecule has 0 spiro atoms. The van der Waals surface area contributed by atoms with Gasteiger partial charge in [0.05, 0.1) is 21.5 Å². The van der Waals surface area contributed by atoms with E-state index >= 15 is 0 Å². The third-order valence-electron chi connectivity index (χ3n) is 4.91. The summed E-state index contributed by atoms with van der Waals surface area (Å²) in [5, 5.41) is 13.0. The Morgan fingerprint density at radius 1 is 1.28 bits per heavy atom. The van der Waals surface area contributed by atoms with Crippen LogP contribution in [0.1, 0.15) is 11.1 Å². The monoisotopic (exact) mass is 433 g/mol. The molecule has 1 aliphatic rings. The van der Waals surface area contributed by atoms with Gasteiger partial charge in [-0.2, -0.15) is 5.26 Å². The summed E-state index contributed by atoms with van der Waals surface area (Å²) < 4.78 is 28.9. The van der Waals surface area contributed by atoms with Crippen LogP contribution in [-0.4, -0.2) is 58.4 Å². The molecule has 1 saturated heterocycles. The van der Waals surface area contributed by atoms with Crippen LogP contribution in [0.3, 0.4) is 0 Å². The molecule has 0 amide bonds. The number of benzene rings is 2. The minimum absolute atomic E-state index is 0.193. The zero-order chi connectivity index (χ0) is 20.9. The van der Waals surface area contributed by atoms with E-state index in [-0.39, 0.29) is 10.9 Å². The van der Waals surface area contributed by atoms with Crippen LogP contribution in [-0.2, 0) is 16.3 Å². The molecule has 0 unspecified atom stereocenters. The summed E-state index contributed by atoms with van der Waals surface area (Å²) in [7, 11) is -3.20. The van der Waals surface area contributed by atoms with Gasteiger partial charge in [0.1, 0.15) is 18.4 Å². The van der Waals surface area contributed by atoms with E-state index in [1.54, 1.807) is 30.3 Å². The lowest BCUT2D eigenvalue weighted by Gasteiger charge is -2.33. The summed E-state index contributed by atoms with van der Waals surface area (Å²) >= 11 is 6.00. The second-order valence-electron chi connectivity index (χ2n) is 7.18. The number of nitrogens with zero attached hydrogens (tertiary/aromatic N) is 2. The number of rotatable bonds is 7. The molecule has 0 aliphatic carbocycles. The number of ether oxygens (including phenoxy) is 1. The van der Waals surface area contributed by atoms with Gasteiger partial charge in [0.15, 0.2) is 9.84 Å². The number of hydrogen-bond acceptors (Lipinski definition) is 6. The molecule has 29 heavy (non-hydrogen) atoms. The van der Waals surface area contributed by atoms with Crippen LogP contribution in [0.25, 0.3) is 0 Å². The summed E-state index contributed by atoms with van der Waals surface area (Å²) in [6, 6.07) is 14.4. The number of halogens is 1. The van der Waals surface area contributed by atoms with Gasteiger partial charge in [-0.1, -0.05) is 17.7 Å². The van der Waals surface area contributed by atoms with Crippen molar-refractivity contribution in [2.45, 2.75) is 17.4 Å². The van der Waals surface area contributed by atoms with Crippen LogP contribution >= 0.6 is 11.6 Å². The lowest BCUT2D eigenvalue weighted by atomic mass is 10.1. The van der Waals surface area contributed by atoms with Gasteiger partial charge in [-0.3, -0.25) is 0 Å². The van der Waals surface area contributed by atoms with Crippen molar-refractivity contribution >= 4 is 21.4 Å². The second-order valence-corrected chi connectivity index (χ2v) is 9.61. The van der Waals surface area contributed by atoms with Gasteiger partial charge in [0, 0.05) is 32.4 Å². The van der Waals surface area contributed by atoms with Crippen molar-refractivity contribution < 1.29 is 13.2 Å². The summed E-state index contributed by atoms with van der Waals surface area (Å²) in [6.07, 6.45) is 2.04. The van der Waals surface area contributed by atoms with Crippen LogP contribution in [0, 0.1) is 11.3 Å². The summed E-state index contributed by atoms with van der Waals surface area (Å²) in [5.74, 6) is 0.654. The highest BCUT2D eigenvalue weighted by atomic mass is 35.5. The normalized spacial score (nSPS) is 17.6. The first kappa shape index (κ1) is 21.6. The van der Waals surface area contributed by atoms with Gasteiger partial charge in [0.25, 0.3) is 0 Å². The predicted molar refractivity (Wildman–Crippen MR) is 113 cm³/mol. The maximum atomic E-state index is 11.5. The van der Waals surface area contributed by atoms with E-state index in [9.17, 15) is 8.42 Å². The molecule has 6 nitrogen and oxygen atoms in total. The number of sulfone groups is 1. The molecule has 1 fully saturated rings. The van der Waals surface area contributed by atoms with Crippen molar-refractivity contribution in [3.63, 3.8) is 0 Å². The Labute approximate surface area is 177 Å². The molecule has 1 heterocycles. The van der Waals surface area contributed by atoms with Gasteiger partial charge in [-0.15, -0.1) is 0 Å². The van der Waals surface area contributed by atoms with Gasteiger partial charge < -0.3 is 15.0 Å². The maximum Gasteiger partial charge on any atom is 0.175 e. The smallest absolute Gasteiger partial charge is 0.175 e. The highest BCUT2D eigenvalue weighted by Crippen LogP contribution is 2.18. The third-order valence-corrected chi connectivity index (χ3v) is 6.37. The molecule has 1 atom stereocenters. The second kappa shape index (κ2) is 9.59. The maximum absolute atomic E-state index is 11.5. The van der Waals surface area contributed by atoms with Gasteiger partial charge in [-0.05, 0) is 48.4 Å². The van der Waals surface area contributed by atoms with E-state index in [0.717, 1.165) is 38.2 Å². The predicted octanol–water partition coefficient (Wildman–Crippen LogP) is 2.51. The fraction of sp³-hybridized carbons (Fsp3) is 0.381. The molecule has 0 aromatic heterocycles. The topological polar surface area (TPSA) is 82.4 Å².